The van der Waals surface area contributed by atoms with Gasteiger partial charge < -0.3 is 20.5 Å². The van der Waals surface area contributed by atoms with Crippen molar-refractivity contribution in [2.24, 2.45) is 11.8 Å². The molecule has 1 amide bonds. The number of carbonyl (C=O) groups excluding carboxylic acids is 1. The fourth-order valence-electron chi connectivity index (χ4n) is 3.96. The molecule has 0 unspecified atom stereocenters. The number of ether oxygens (including phenoxy) is 1. The lowest BCUT2D eigenvalue weighted by Crippen LogP contribution is -2.38. The van der Waals surface area contributed by atoms with Gasteiger partial charge in [0.2, 0.25) is 0 Å². The standard InChI is InChI=1S/C21H30N2O4/c1-14-12-17(4-7-19(14)27-13-15-8-10-22-11-9-15)20(24)23-18-5-2-16(3-6-18)21(25)26/h4,7,12,15-16,18,22H,2-3,5-6,8-11,13H2,1H3,(H,23,24)(H,25,26)/t16-,18-. The molecular weight excluding hydrogens is 344 g/mol. The first-order chi connectivity index (χ1) is 13.0. The number of rotatable bonds is 6. The SMILES string of the molecule is Cc1cc(C(=O)N[C@H]2CC[C@H](C(=O)O)CC2)ccc1OCC1CCNCC1. The molecule has 0 atom stereocenters. The molecule has 0 radical (unpaired) electrons. The van der Waals surface area contributed by atoms with E-state index in [4.69, 9.17) is 9.84 Å². The van der Waals surface area contributed by atoms with Gasteiger partial charge >= 0.3 is 5.97 Å². The van der Waals surface area contributed by atoms with Gasteiger partial charge in [-0.3, -0.25) is 9.59 Å². The van der Waals surface area contributed by atoms with Crippen LogP contribution in [-0.4, -0.2) is 42.7 Å². The summed E-state index contributed by atoms with van der Waals surface area (Å²) in [4.78, 5) is 23.5. The van der Waals surface area contributed by atoms with Crippen molar-refractivity contribution < 1.29 is 19.4 Å². The molecule has 6 nitrogen and oxygen atoms in total. The summed E-state index contributed by atoms with van der Waals surface area (Å²) >= 11 is 0. The van der Waals surface area contributed by atoms with E-state index in [1.165, 1.54) is 0 Å². The molecule has 1 aliphatic heterocycles. The molecule has 27 heavy (non-hydrogen) atoms. The summed E-state index contributed by atoms with van der Waals surface area (Å²) in [7, 11) is 0. The lowest BCUT2D eigenvalue weighted by atomic mass is 9.86. The minimum absolute atomic E-state index is 0.0595. The highest BCUT2D eigenvalue weighted by Gasteiger charge is 2.27. The van der Waals surface area contributed by atoms with Crippen LogP contribution >= 0.6 is 0 Å². The predicted octanol–water partition coefficient (Wildman–Crippen LogP) is 2.75. The van der Waals surface area contributed by atoms with Crippen LogP contribution in [-0.2, 0) is 4.79 Å². The summed E-state index contributed by atoms with van der Waals surface area (Å²) in [5.74, 6) is 0.343. The van der Waals surface area contributed by atoms with E-state index in [-0.39, 0.29) is 17.9 Å². The van der Waals surface area contributed by atoms with Crippen molar-refractivity contribution in [3.05, 3.63) is 29.3 Å². The number of benzene rings is 1. The third-order valence-electron chi connectivity index (χ3n) is 5.78. The van der Waals surface area contributed by atoms with Crippen molar-refractivity contribution in [2.45, 2.75) is 51.5 Å². The molecule has 1 heterocycles. The Balaban J connectivity index is 1.50. The first-order valence-corrected chi connectivity index (χ1v) is 10.0. The fraction of sp³-hybridized carbons (Fsp3) is 0.619. The van der Waals surface area contributed by atoms with Gasteiger partial charge in [-0.05, 0) is 88.2 Å². The van der Waals surface area contributed by atoms with Crippen LogP contribution in [0.25, 0.3) is 0 Å². The summed E-state index contributed by atoms with van der Waals surface area (Å²) < 4.78 is 5.98. The first-order valence-electron chi connectivity index (χ1n) is 10.0. The summed E-state index contributed by atoms with van der Waals surface area (Å²) in [6, 6.07) is 5.62. The smallest absolute Gasteiger partial charge is 0.306 e. The van der Waals surface area contributed by atoms with Gasteiger partial charge in [0.1, 0.15) is 5.75 Å². The van der Waals surface area contributed by atoms with Crippen molar-refractivity contribution in [3.8, 4) is 5.75 Å². The molecule has 1 aromatic rings. The van der Waals surface area contributed by atoms with E-state index in [0.29, 0.717) is 24.3 Å². The number of carboxylic acid groups (broad SMARTS) is 1. The van der Waals surface area contributed by atoms with Crippen LogP contribution in [0.1, 0.15) is 54.4 Å². The molecule has 1 aromatic carbocycles. The van der Waals surface area contributed by atoms with E-state index in [1.54, 1.807) is 0 Å². The van der Waals surface area contributed by atoms with Crippen LogP contribution in [0.3, 0.4) is 0 Å². The topological polar surface area (TPSA) is 87.7 Å². The number of amides is 1. The third kappa shape index (κ3) is 5.45. The Morgan fingerprint density at radius 1 is 1.15 bits per heavy atom. The number of piperidine rings is 1. The maximum Gasteiger partial charge on any atom is 0.306 e. The van der Waals surface area contributed by atoms with Crippen molar-refractivity contribution >= 4 is 11.9 Å². The van der Waals surface area contributed by atoms with Crippen LogP contribution < -0.4 is 15.4 Å². The summed E-state index contributed by atoms with van der Waals surface area (Å²) in [6.07, 6.45) is 4.98. The molecule has 6 heteroatoms. The molecule has 1 aliphatic carbocycles. The largest absolute Gasteiger partial charge is 0.493 e. The number of hydrogen-bond acceptors (Lipinski definition) is 4. The minimum Gasteiger partial charge on any atom is -0.493 e. The van der Waals surface area contributed by atoms with Crippen molar-refractivity contribution in [2.75, 3.05) is 19.7 Å². The molecule has 0 aromatic heterocycles. The normalized spacial score (nSPS) is 23.6. The number of carboxylic acids is 1. The van der Waals surface area contributed by atoms with E-state index in [1.807, 2.05) is 25.1 Å². The lowest BCUT2D eigenvalue weighted by Gasteiger charge is -2.27. The second-order valence-electron chi connectivity index (χ2n) is 7.84. The lowest BCUT2D eigenvalue weighted by molar-refractivity contribution is -0.142. The van der Waals surface area contributed by atoms with Crippen LogP contribution in [0.15, 0.2) is 18.2 Å². The number of aliphatic carboxylic acids is 1. The van der Waals surface area contributed by atoms with Crippen LogP contribution in [0.4, 0.5) is 0 Å². The highest BCUT2D eigenvalue weighted by molar-refractivity contribution is 5.94. The molecule has 148 valence electrons. The quantitative estimate of drug-likeness (QED) is 0.713. The summed E-state index contributed by atoms with van der Waals surface area (Å²) in [6.45, 7) is 4.80. The molecule has 2 fully saturated rings. The zero-order chi connectivity index (χ0) is 19.2. The molecule has 1 saturated heterocycles. The molecule has 0 spiro atoms. The summed E-state index contributed by atoms with van der Waals surface area (Å²) in [5.41, 5.74) is 1.59. The van der Waals surface area contributed by atoms with E-state index in [0.717, 1.165) is 56.7 Å². The van der Waals surface area contributed by atoms with E-state index in [2.05, 4.69) is 10.6 Å². The third-order valence-corrected chi connectivity index (χ3v) is 5.78. The van der Waals surface area contributed by atoms with Gasteiger partial charge in [-0.15, -0.1) is 0 Å². The van der Waals surface area contributed by atoms with Crippen molar-refractivity contribution in [3.63, 3.8) is 0 Å². The molecular formula is C21H30N2O4. The molecule has 0 bridgehead atoms. The average Bonchev–Trinajstić information content (AvgIpc) is 2.68. The Hall–Kier alpha value is -2.08. The Bertz CT molecular complexity index is 662. The summed E-state index contributed by atoms with van der Waals surface area (Å²) in [5, 5.41) is 15.5. The van der Waals surface area contributed by atoms with Gasteiger partial charge in [0.05, 0.1) is 12.5 Å². The van der Waals surface area contributed by atoms with Crippen molar-refractivity contribution in [1.82, 2.24) is 10.6 Å². The zero-order valence-electron chi connectivity index (χ0n) is 16.0. The Labute approximate surface area is 160 Å². The maximum atomic E-state index is 12.5. The predicted molar refractivity (Wildman–Crippen MR) is 103 cm³/mol. The van der Waals surface area contributed by atoms with Crippen LogP contribution in [0, 0.1) is 18.8 Å². The molecule has 1 saturated carbocycles. The number of carbonyl (C=O) groups is 2. The van der Waals surface area contributed by atoms with Gasteiger partial charge in [-0.2, -0.15) is 0 Å². The molecule has 2 aliphatic rings. The highest BCUT2D eigenvalue weighted by atomic mass is 16.5. The fourth-order valence-corrected chi connectivity index (χ4v) is 3.96. The van der Waals surface area contributed by atoms with Gasteiger partial charge in [0.15, 0.2) is 0 Å². The number of hydrogen-bond donors (Lipinski definition) is 3. The monoisotopic (exact) mass is 374 g/mol. The molecule has 3 rings (SSSR count). The van der Waals surface area contributed by atoms with E-state index < -0.39 is 5.97 Å². The van der Waals surface area contributed by atoms with Crippen LogP contribution in [0.5, 0.6) is 5.75 Å². The van der Waals surface area contributed by atoms with Gasteiger partial charge in [0.25, 0.3) is 5.91 Å². The van der Waals surface area contributed by atoms with Gasteiger partial charge in [-0.25, -0.2) is 0 Å². The minimum atomic E-state index is -0.726. The van der Waals surface area contributed by atoms with E-state index >= 15 is 0 Å². The number of aryl methyl sites for hydroxylation is 1. The number of nitrogens with one attached hydrogen (secondary N) is 2. The second kappa shape index (κ2) is 9.22. The van der Waals surface area contributed by atoms with Gasteiger partial charge in [-0.1, -0.05) is 0 Å². The second-order valence-corrected chi connectivity index (χ2v) is 7.84. The zero-order valence-corrected chi connectivity index (χ0v) is 16.0. The van der Waals surface area contributed by atoms with E-state index in [9.17, 15) is 9.59 Å². The Kier molecular flexibility index (Phi) is 6.72. The Morgan fingerprint density at radius 3 is 2.48 bits per heavy atom. The first kappa shape index (κ1) is 19.7. The van der Waals surface area contributed by atoms with Crippen molar-refractivity contribution in [1.29, 1.82) is 0 Å². The molecule has 3 N–H and O–H groups in total. The average molecular weight is 374 g/mol. The Morgan fingerprint density at radius 2 is 1.85 bits per heavy atom. The maximum absolute atomic E-state index is 12.5. The van der Waals surface area contributed by atoms with Crippen LogP contribution in [0.2, 0.25) is 0 Å². The highest BCUT2D eigenvalue weighted by Crippen LogP contribution is 2.25. The van der Waals surface area contributed by atoms with Gasteiger partial charge in [0, 0.05) is 11.6 Å².